The van der Waals surface area contributed by atoms with Crippen molar-refractivity contribution in [2.75, 3.05) is 0 Å². The highest BCUT2D eigenvalue weighted by Gasteiger charge is 1.99. The molecule has 0 aliphatic heterocycles. The van der Waals surface area contributed by atoms with Crippen LogP contribution in [0.15, 0.2) is 36.4 Å². The van der Waals surface area contributed by atoms with E-state index in [0.29, 0.717) is 6.54 Å². The first-order valence-corrected chi connectivity index (χ1v) is 4.18. The van der Waals surface area contributed by atoms with E-state index in [2.05, 4.69) is 0 Å². The zero-order valence-corrected chi connectivity index (χ0v) is 7.13. The number of benzene rings is 2. The highest BCUT2D eigenvalue weighted by Crippen LogP contribution is 2.19. The largest absolute Gasteiger partial charge is 0.326 e. The minimum atomic E-state index is -0.207. The van der Waals surface area contributed by atoms with Gasteiger partial charge in [0.1, 0.15) is 5.82 Å². The van der Waals surface area contributed by atoms with Crippen molar-refractivity contribution in [3.8, 4) is 0 Å². The molecule has 0 aromatic heterocycles. The van der Waals surface area contributed by atoms with Crippen molar-refractivity contribution in [2.24, 2.45) is 5.73 Å². The van der Waals surface area contributed by atoms with E-state index in [9.17, 15) is 4.39 Å². The number of nitrogens with two attached hydrogens (primary N) is 1. The van der Waals surface area contributed by atoms with E-state index in [1.807, 2.05) is 18.2 Å². The number of hydrogen-bond donors (Lipinski definition) is 1. The Morgan fingerprint density at radius 2 is 2.00 bits per heavy atom. The van der Waals surface area contributed by atoms with Crippen LogP contribution in [0.4, 0.5) is 4.39 Å². The monoisotopic (exact) mass is 175 g/mol. The molecule has 2 heteroatoms. The van der Waals surface area contributed by atoms with Crippen molar-refractivity contribution in [3.63, 3.8) is 0 Å². The van der Waals surface area contributed by atoms with Crippen LogP contribution in [-0.4, -0.2) is 0 Å². The quantitative estimate of drug-likeness (QED) is 0.707. The zero-order chi connectivity index (χ0) is 9.26. The fraction of sp³-hybridized carbons (Fsp3) is 0.0909. The number of hydrogen-bond acceptors (Lipinski definition) is 1. The topological polar surface area (TPSA) is 26.0 Å². The average Bonchev–Trinajstić information content (AvgIpc) is 2.16. The van der Waals surface area contributed by atoms with E-state index < -0.39 is 0 Å². The lowest BCUT2D eigenvalue weighted by Crippen LogP contribution is -1.96. The molecule has 0 spiro atoms. The first kappa shape index (κ1) is 8.20. The summed E-state index contributed by atoms with van der Waals surface area (Å²) in [5.74, 6) is -0.207. The molecule has 0 bridgehead atoms. The van der Waals surface area contributed by atoms with Gasteiger partial charge in [-0.05, 0) is 28.5 Å². The van der Waals surface area contributed by atoms with E-state index in [1.54, 1.807) is 6.07 Å². The van der Waals surface area contributed by atoms with Crippen molar-refractivity contribution < 1.29 is 4.39 Å². The molecule has 0 aliphatic carbocycles. The molecule has 0 unspecified atom stereocenters. The van der Waals surface area contributed by atoms with Crippen LogP contribution in [0, 0.1) is 5.82 Å². The molecule has 66 valence electrons. The first-order chi connectivity index (χ1) is 6.31. The third-order valence-corrected chi connectivity index (χ3v) is 2.15. The third kappa shape index (κ3) is 1.40. The molecule has 0 amide bonds. The predicted molar refractivity (Wildman–Crippen MR) is 51.8 cm³/mol. The summed E-state index contributed by atoms with van der Waals surface area (Å²) in [6.45, 7) is 0.489. The summed E-state index contributed by atoms with van der Waals surface area (Å²) in [7, 11) is 0. The molecule has 0 aliphatic rings. The van der Waals surface area contributed by atoms with E-state index in [-0.39, 0.29) is 5.82 Å². The van der Waals surface area contributed by atoms with Gasteiger partial charge in [0.15, 0.2) is 0 Å². The van der Waals surface area contributed by atoms with Crippen LogP contribution in [0.3, 0.4) is 0 Å². The second kappa shape index (κ2) is 3.15. The summed E-state index contributed by atoms with van der Waals surface area (Å²) in [5.41, 5.74) is 6.61. The summed E-state index contributed by atoms with van der Waals surface area (Å²) in [5, 5.41) is 1.94. The summed E-state index contributed by atoms with van der Waals surface area (Å²) >= 11 is 0. The molecular weight excluding hydrogens is 165 g/mol. The van der Waals surface area contributed by atoms with Crippen LogP contribution in [0.25, 0.3) is 10.8 Å². The van der Waals surface area contributed by atoms with E-state index in [0.717, 1.165) is 16.3 Å². The first-order valence-electron chi connectivity index (χ1n) is 4.18. The molecule has 1 nitrogen and oxygen atoms in total. The summed E-state index contributed by atoms with van der Waals surface area (Å²) in [4.78, 5) is 0. The Bertz CT molecular complexity index is 437. The molecule has 2 N–H and O–H groups in total. The number of halogens is 1. The fourth-order valence-electron chi connectivity index (χ4n) is 1.50. The molecule has 0 radical (unpaired) electrons. The van der Waals surface area contributed by atoms with Crippen LogP contribution in [0.1, 0.15) is 5.56 Å². The summed E-state index contributed by atoms with van der Waals surface area (Å²) in [6.07, 6.45) is 0. The van der Waals surface area contributed by atoms with Crippen LogP contribution < -0.4 is 5.73 Å². The van der Waals surface area contributed by atoms with E-state index in [1.165, 1.54) is 12.1 Å². The zero-order valence-electron chi connectivity index (χ0n) is 7.13. The van der Waals surface area contributed by atoms with Gasteiger partial charge in [0, 0.05) is 6.54 Å². The molecule has 13 heavy (non-hydrogen) atoms. The highest BCUT2D eigenvalue weighted by atomic mass is 19.1. The van der Waals surface area contributed by atoms with E-state index >= 15 is 0 Å². The van der Waals surface area contributed by atoms with Crippen molar-refractivity contribution >= 4 is 10.8 Å². The van der Waals surface area contributed by atoms with Crippen molar-refractivity contribution in [2.45, 2.75) is 6.54 Å². The lowest BCUT2D eigenvalue weighted by Gasteiger charge is -2.03. The van der Waals surface area contributed by atoms with Gasteiger partial charge in [-0.2, -0.15) is 0 Å². The van der Waals surface area contributed by atoms with Gasteiger partial charge in [-0.15, -0.1) is 0 Å². The molecule has 0 heterocycles. The molecular formula is C11H10FN. The standard InChI is InChI=1S/C11H10FN/c12-10-4-5-11-8(6-10)2-1-3-9(11)7-13/h1-6H,7,13H2. The molecule has 0 saturated heterocycles. The van der Waals surface area contributed by atoms with Gasteiger partial charge in [0.2, 0.25) is 0 Å². The second-order valence-electron chi connectivity index (χ2n) is 2.99. The number of fused-ring (bicyclic) bond motifs is 1. The third-order valence-electron chi connectivity index (χ3n) is 2.15. The Hall–Kier alpha value is -1.41. The molecule has 0 atom stereocenters. The highest BCUT2D eigenvalue weighted by molar-refractivity contribution is 5.85. The van der Waals surface area contributed by atoms with Crippen LogP contribution >= 0.6 is 0 Å². The van der Waals surface area contributed by atoms with Gasteiger partial charge >= 0.3 is 0 Å². The fourth-order valence-corrected chi connectivity index (χ4v) is 1.50. The van der Waals surface area contributed by atoms with Crippen LogP contribution in [0.5, 0.6) is 0 Å². The minimum Gasteiger partial charge on any atom is -0.326 e. The Balaban J connectivity index is 2.77. The Labute approximate surface area is 76.0 Å². The van der Waals surface area contributed by atoms with Gasteiger partial charge in [0.05, 0.1) is 0 Å². The molecule has 0 saturated carbocycles. The maximum absolute atomic E-state index is 12.8. The van der Waals surface area contributed by atoms with E-state index in [4.69, 9.17) is 5.73 Å². The Morgan fingerprint density at radius 1 is 1.15 bits per heavy atom. The van der Waals surface area contributed by atoms with Crippen LogP contribution in [-0.2, 0) is 6.54 Å². The average molecular weight is 175 g/mol. The summed E-state index contributed by atoms with van der Waals surface area (Å²) < 4.78 is 12.8. The predicted octanol–water partition coefficient (Wildman–Crippen LogP) is 2.44. The lowest BCUT2D eigenvalue weighted by molar-refractivity contribution is 0.629. The summed E-state index contributed by atoms with van der Waals surface area (Å²) in [6, 6.07) is 10.5. The van der Waals surface area contributed by atoms with Crippen LogP contribution in [0.2, 0.25) is 0 Å². The van der Waals surface area contributed by atoms with Crippen molar-refractivity contribution in [3.05, 3.63) is 47.8 Å². The minimum absolute atomic E-state index is 0.207. The normalized spacial score (nSPS) is 10.6. The van der Waals surface area contributed by atoms with Gasteiger partial charge in [0.25, 0.3) is 0 Å². The Morgan fingerprint density at radius 3 is 2.77 bits per heavy atom. The molecule has 2 rings (SSSR count). The molecule has 2 aromatic carbocycles. The van der Waals surface area contributed by atoms with Gasteiger partial charge in [-0.25, -0.2) is 4.39 Å². The van der Waals surface area contributed by atoms with Gasteiger partial charge in [-0.3, -0.25) is 0 Å². The van der Waals surface area contributed by atoms with Crippen molar-refractivity contribution in [1.82, 2.24) is 0 Å². The lowest BCUT2D eigenvalue weighted by atomic mass is 10.0. The SMILES string of the molecule is NCc1cccc2cc(F)ccc12. The van der Waals surface area contributed by atoms with Gasteiger partial charge < -0.3 is 5.73 Å². The van der Waals surface area contributed by atoms with Gasteiger partial charge in [-0.1, -0.05) is 24.3 Å². The smallest absolute Gasteiger partial charge is 0.123 e. The maximum Gasteiger partial charge on any atom is 0.123 e. The maximum atomic E-state index is 12.8. The Kier molecular flexibility index (Phi) is 1.99. The molecule has 0 fully saturated rings. The second-order valence-corrected chi connectivity index (χ2v) is 2.99. The number of rotatable bonds is 1. The molecule has 2 aromatic rings. The van der Waals surface area contributed by atoms with Crippen molar-refractivity contribution in [1.29, 1.82) is 0 Å².